The van der Waals surface area contributed by atoms with Gasteiger partial charge in [-0.05, 0) is 43.3 Å². The van der Waals surface area contributed by atoms with Gasteiger partial charge in [0.15, 0.2) is 4.80 Å². The van der Waals surface area contributed by atoms with Crippen molar-refractivity contribution in [2.75, 3.05) is 11.9 Å². The summed E-state index contributed by atoms with van der Waals surface area (Å²) < 4.78 is 8.25. The van der Waals surface area contributed by atoms with Gasteiger partial charge in [-0.1, -0.05) is 33.3 Å². The number of nitrogens with zero attached hydrogens (tertiary/aromatic N) is 2. The number of amides is 2. The molecule has 0 aliphatic rings. The summed E-state index contributed by atoms with van der Waals surface area (Å²) in [6, 6.07) is 12.2. The number of fused-ring (bicyclic) bond motifs is 1. The maximum absolute atomic E-state index is 12.7. The molecule has 0 aliphatic carbocycles. The maximum atomic E-state index is 12.7. The van der Waals surface area contributed by atoms with Crippen molar-refractivity contribution < 1.29 is 19.1 Å². The molecule has 0 spiro atoms. The molecule has 0 atom stereocenters. The Hall–Kier alpha value is -2.78. The lowest BCUT2D eigenvalue weighted by atomic mass is 10.2. The first-order valence-electron chi connectivity index (χ1n) is 8.78. The van der Waals surface area contributed by atoms with E-state index in [4.69, 9.17) is 4.74 Å². The van der Waals surface area contributed by atoms with Crippen molar-refractivity contribution in [2.45, 2.75) is 20.4 Å². The molecule has 0 bridgehead atoms. The number of anilines is 1. The van der Waals surface area contributed by atoms with Crippen LogP contribution in [0, 0.1) is 0 Å². The third kappa shape index (κ3) is 5.18. The molecular formula is C20H18BrN3O4S. The summed E-state index contributed by atoms with van der Waals surface area (Å²) in [5.74, 6) is -1.03. The van der Waals surface area contributed by atoms with E-state index in [1.807, 2.05) is 6.07 Å². The van der Waals surface area contributed by atoms with Crippen molar-refractivity contribution >= 4 is 61.0 Å². The third-order valence-electron chi connectivity index (χ3n) is 3.86. The number of ether oxygens (including phenoxy) is 1. The summed E-state index contributed by atoms with van der Waals surface area (Å²) >= 11 is 4.60. The van der Waals surface area contributed by atoms with Gasteiger partial charge >= 0.3 is 5.97 Å². The molecule has 150 valence electrons. The smallest absolute Gasteiger partial charge is 0.326 e. The monoisotopic (exact) mass is 475 g/mol. The molecule has 2 aromatic carbocycles. The first kappa shape index (κ1) is 20.9. The molecule has 0 saturated heterocycles. The fourth-order valence-corrected chi connectivity index (χ4v) is 4.17. The van der Waals surface area contributed by atoms with E-state index in [2.05, 4.69) is 26.2 Å². The quantitative estimate of drug-likeness (QED) is 0.569. The molecule has 2 amide bonds. The van der Waals surface area contributed by atoms with Crippen LogP contribution in [0.4, 0.5) is 5.69 Å². The molecule has 0 aliphatic heterocycles. The highest BCUT2D eigenvalue weighted by Gasteiger charge is 2.14. The van der Waals surface area contributed by atoms with Crippen LogP contribution in [0.3, 0.4) is 0 Å². The van der Waals surface area contributed by atoms with Crippen LogP contribution in [0.1, 0.15) is 24.2 Å². The van der Waals surface area contributed by atoms with Crippen LogP contribution in [-0.4, -0.2) is 29.0 Å². The van der Waals surface area contributed by atoms with Crippen LogP contribution in [0.15, 0.2) is 51.9 Å². The SMILES string of the molecule is CCOC(=O)Cn1c(=NC(=O)c2cccc(Br)c2)sc2cc(NC(C)=O)ccc21. The Kier molecular flexibility index (Phi) is 6.60. The number of carbonyl (C=O) groups excluding carboxylic acids is 3. The van der Waals surface area contributed by atoms with Crippen LogP contribution in [0.5, 0.6) is 0 Å². The van der Waals surface area contributed by atoms with Crippen molar-refractivity contribution in [1.29, 1.82) is 0 Å². The number of nitrogens with one attached hydrogen (secondary N) is 1. The highest BCUT2D eigenvalue weighted by molar-refractivity contribution is 9.10. The predicted molar refractivity (Wildman–Crippen MR) is 115 cm³/mol. The Morgan fingerprint density at radius 1 is 1.21 bits per heavy atom. The zero-order valence-corrected chi connectivity index (χ0v) is 18.2. The Morgan fingerprint density at radius 3 is 2.69 bits per heavy atom. The number of halogens is 1. The number of aromatic nitrogens is 1. The summed E-state index contributed by atoms with van der Waals surface area (Å²) in [6.07, 6.45) is 0. The fraction of sp³-hybridized carbons (Fsp3) is 0.200. The average molecular weight is 476 g/mol. The van der Waals surface area contributed by atoms with E-state index < -0.39 is 11.9 Å². The van der Waals surface area contributed by atoms with Gasteiger partial charge in [0, 0.05) is 22.6 Å². The molecule has 0 fully saturated rings. The Labute approximate surface area is 179 Å². The zero-order chi connectivity index (χ0) is 21.0. The first-order valence-corrected chi connectivity index (χ1v) is 10.4. The normalized spacial score (nSPS) is 11.5. The van der Waals surface area contributed by atoms with E-state index in [1.165, 1.54) is 18.3 Å². The molecule has 1 aromatic heterocycles. The number of hydrogen-bond donors (Lipinski definition) is 1. The largest absolute Gasteiger partial charge is 0.465 e. The lowest BCUT2D eigenvalue weighted by molar-refractivity contribution is -0.143. The number of rotatable bonds is 5. The van der Waals surface area contributed by atoms with E-state index >= 15 is 0 Å². The first-order chi connectivity index (χ1) is 13.9. The van der Waals surface area contributed by atoms with E-state index in [1.54, 1.807) is 47.9 Å². The summed E-state index contributed by atoms with van der Waals surface area (Å²) in [7, 11) is 0. The standard InChI is InChI=1S/C20H18BrN3O4S/c1-3-28-18(26)11-24-16-8-7-15(22-12(2)25)10-17(16)29-20(24)23-19(27)13-5-4-6-14(21)9-13/h4-10H,3,11H2,1-2H3,(H,22,25). The summed E-state index contributed by atoms with van der Waals surface area (Å²) in [5, 5.41) is 2.72. The lowest BCUT2D eigenvalue weighted by Gasteiger charge is -2.06. The minimum absolute atomic E-state index is 0.0715. The Bertz CT molecular complexity index is 1170. The topological polar surface area (TPSA) is 89.8 Å². The molecule has 3 rings (SSSR count). The van der Waals surface area contributed by atoms with Gasteiger partial charge in [-0.15, -0.1) is 0 Å². The Morgan fingerprint density at radius 2 is 2.00 bits per heavy atom. The van der Waals surface area contributed by atoms with Crippen molar-refractivity contribution in [2.24, 2.45) is 4.99 Å². The number of carbonyl (C=O) groups is 3. The number of esters is 1. The van der Waals surface area contributed by atoms with Gasteiger partial charge in [0.2, 0.25) is 5.91 Å². The minimum atomic E-state index is -0.422. The molecule has 0 unspecified atom stereocenters. The van der Waals surface area contributed by atoms with E-state index in [0.717, 1.165) is 14.7 Å². The second kappa shape index (κ2) is 9.15. The molecular weight excluding hydrogens is 458 g/mol. The van der Waals surface area contributed by atoms with Gasteiger partial charge in [0.1, 0.15) is 6.54 Å². The lowest BCUT2D eigenvalue weighted by Crippen LogP contribution is -2.23. The maximum Gasteiger partial charge on any atom is 0.326 e. The number of benzene rings is 2. The van der Waals surface area contributed by atoms with E-state index in [0.29, 0.717) is 16.1 Å². The van der Waals surface area contributed by atoms with Crippen LogP contribution in [-0.2, 0) is 20.9 Å². The van der Waals surface area contributed by atoms with Gasteiger partial charge in [0.25, 0.3) is 5.91 Å². The molecule has 0 saturated carbocycles. The second-order valence-electron chi connectivity index (χ2n) is 6.07. The highest BCUT2D eigenvalue weighted by Crippen LogP contribution is 2.22. The van der Waals surface area contributed by atoms with Gasteiger partial charge in [0.05, 0.1) is 16.8 Å². The molecule has 29 heavy (non-hydrogen) atoms. The fourth-order valence-electron chi connectivity index (χ4n) is 2.70. The number of thiazole rings is 1. The van der Waals surface area contributed by atoms with Crippen LogP contribution < -0.4 is 10.1 Å². The molecule has 7 nitrogen and oxygen atoms in total. The van der Waals surface area contributed by atoms with Crippen LogP contribution in [0.25, 0.3) is 10.2 Å². The van der Waals surface area contributed by atoms with Gasteiger partial charge in [-0.25, -0.2) is 0 Å². The summed E-state index contributed by atoms with van der Waals surface area (Å²) in [6.45, 7) is 3.35. The molecule has 1 heterocycles. The van der Waals surface area contributed by atoms with Crippen LogP contribution in [0.2, 0.25) is 0 Å². The molecule has 0 radical (unpaired) electrons. The summed E-state index contributed by atoms with van der Waals surface area (Å²) in [5.41, 5.74) is 1.77. The molecule has 3 aromatic rings. The zero-order valence-electron chi connectivity index (χ0n) is 15.8. The third-order valence-corrected chi connectivity index (χ3v) is 5.40. The van der Waals surface area contributed by atoms with Crippen molar-refractivity contribution in [3.8, 4) is 0 Å². The highest BCUT2D eigenvalue weighted by atomic mass is 79.9. The van der Waals surface area contributed by atoms with Gasteiger partial charge < -0.3 is 14.6 Å². The van der Waals surface area contributed by atoms with Crippen molar-refractivity contribution in [3.63, 3.8) is 0 Å². The Balaban J connectivity index is 2.11. The van der Waals surface area contributed by atoms with E-state index in [-0.39, 0.29) is 19.1 Å². The van der Waals surface area contributed by atoms with Crippen LogP contribution >= 0.6 is 27.3 Å². The molecule has 1 N–H and O–H groups in total. The van der Waals surface area contributed by atoms with Crippen molar-refractivity contribution in [1.82, 2.24) is 4.57 Å². The van der Waals surface area contributed by atoms with Gasteiger partial charge in [-0.2, -0.15) is 4.99 Å². The molecule has 9 heteroatoms. The predicted octanol–water partition coefficient (Wildman–Crippen LogP) is 3.73. The summed E-state index contributed by atoms with van der Waals surface area (Å²) in [4.78, 5) is 40.7. The van der Waals surface area contributed by atoms with Crippen molar-refractivity contribution in [3.05, 3.63) is 57.3 Å². The average Bonchev–Trinajstić information content (AvgIpc) is 2.97. The van der Waals surface area contributed by atoms with Gasteiger partial charge in [-0.3, -0.25) is 14.4 Å². The minimum Gasteiger partial charge on any atom is -0.465 e. The van der Waals surface area contributed by atoms with E-state index in [9.17, 15) is 14.4 Å². The number of hydrogen-bond acceptors (Lipinski definition) is 5. The second-order valence-corrected chi connectivity index (χ2v) is 7.99.